The second-order valence-corrected chi connectivity index (χ2v) is 9.82. The Morgan fingerprint density at radius 1 is 1.14 bits per heavy atom. The van der Waals surface area contributed by atoms with E-state index in [2.05, 4.69) is 21.0 Å². The van der Waals surface area contributed by atoms with Gasteiger partial charge >= 0.3 is 0 Å². The number of sulfonamides is 1. The molecule has 0 amide bonds. The van der Waals surface area contributed by atoms with Crippen molar-refractivity contribution in [3.8, 4) is 5.69 Å². The van der Waals surface area contributed by atoms with Gasteiger partial charge in [-0.1, -0.05) is 64.8 Å². The minimum atomic E-state index is -3.39. The third kappa shape index (κ3) is 5.48. The topological polar surface area (TPSA) is 76.9 Å². The summed E-state index contributed by atoms with van der Waals surface area (Å²) in [6, 6.07) is 13.3. The SMILES string of the molecule is Cc1cccc(CSc2nnc(CNS(C)(=O)=O)n2-c2cc(Cl)ccc2Cl)c1. The van der Waals surface area contributed by atoms with Crippen molar-refractivity contribution < 1.29 is 8.42 Å². The molecular weight excluding hydrogens is 439 g/mol. The molecule has 0 aliphatic heterocycles. The molecule has 3 aromatic rings. The molecule has 0 aliphatic rings. The van der Waals surface area contributed by atoms with Gasteiger partial charge < -0.3 is 0 Å². The highest BCUT2D eigenvalue weighted by molar-refractivity contribution is 7.98. The first-order valence-electron chi connectivity index (χ1n) is 8.25. The van der Waals surface area contributed by atoms with Crippen molar-refractivity contribution in [1.82, 2.24) is 19.5 Å². The molecule has 0 bridgehead atoms. The van der Waals surface area contributed by atoms with Crippen LogP contribution in [0.3, 0.4) is 0 Å². The summed E-state index contributed by atoms with van der Waals surface area (Å²) < 4.78 is 27.2. The first kappa shape index (κ1) is 21.1. The van der Waals surface area contributed by atoms with Crippen LogP contribution in [0.1, 0.15) is 17.0 Å². The van der Waals surface area contributed by atoms with E-state index in [1.165, 1.54) is 17.3 Å². The highest BCUT2D eigenvalue weighted by Gasteiger charge is 2.18. The maximum absolute atomic E-state index is 11.5. The number of halogens is 2. The molecular formula is C18H18Cl2N4O2S2. The van der Waals surface area contributed by atoms with Crippen LogP contribution < -0.4 is 4.72 Å². The monoisotopic (exact) mass is 456 g/mol. The Balaban J connectivity index is 1.97. The molecule has 10 heteroatoms. The van der Waals surface area contributed by atoms with Crippen LogP contribution in [0.15, 0.2) is 47.6 Å². The number of nitrogens with zero attached hydrogens (tertiary/aromatic N) is 3. The van der Waals surface area contributed by atoms with Crippen LogP contribution in [0.2, 0.25) is 10.0 Å². The maximum atomic E-state index is 11.5. The van der Waals surface area contributed by atoms with Gasteiger partial charge in [-0.25, -0.2) is 13.1 Å². The van der Waals surface area contributed by atoms with Crippen molar-refractivity contribution in [3.63, 3.8) is 0 Å². The maximum Gasteiger partial charge on any atom is 0.209 e. The predicted octanol–water partition coefficient (Wildman–Crippen LogP) is 4.22. The number of hydrogen-bond acceptors (Lipinski definition) is 5. The first-order valence-corrected chi connectivity index (χ1v) is 11.9. The molecule has 0 radical (unpaired) electrons. The molecule has 1 heterocycles. The smallest absolute Gasteiger partial charge is 0.209 e. The van der Waals surface area contributed by atoms with E-state index in [-0.39, 0.29) is 6.54 Å². The Hall–Kier alpha value is -1.58. The molecule has 6 nitrogen and oxygen atoms in total. The van der Waals surface area contributed by atoms with Gasteiger partial charge in [-0.2, -0.15) is 0 Å². The molecule has 0 spiro atoms. The number of benzene rings is 2. The molecule has 28 heavy (non-hydrogen) atoms. The summed E-state index contributed by atoms with van der Waals surface area (Å²) in [4.78, 5) is 0. The zero-order valence-corrected chi connectivity index (χ0v) is 18.3. The van der Waals surface area contributed by atoms with E-state index in [9.17, 15) is 8.42 Å². The Morgan fingerprint density at radius 3 is 2.64 bits per heavy atom. The lowest BCUT2D eigenvalue weighted by Gasteiger charge is -2.12. The van der Waals surface area contributed by atoms with Crippen molar-refractivity contribution in [2.24, 2.45) is 0 Å². The van der Waals surface area contributed by atoms with Gasteiger partial charge in [0.1, 0.15) is 0 Å². The van der Waals surface area contributed by atoms with Crippen molar-refractivity contribution in [2.75, 3.05) is 6.26 Å². The molecule has 0 unspecified atom stereocenters. The molecule has 0 saturated carbocycles. The quantitative estimate of drug-likeness (QED) is 0.538. The van der Waals surface area contributed by atoms with Gasteiger partial charge in [-0.05, 0) is 30.7 Å². The van der Waals surface area contributed by atoms with Gasteiger partial charge in [0.05, 0.1) is 23.5 Å². The highest BCUT2D eigenvalue weighted by Crippen LogP contribution is 2.31. The molecule has 0 aliphatic carbocycles. The first-order chi connectivity index (χ1) is 13.2. The average Bonchev–Trinajstić information content (AvgIpc) is 3.02. The lowest BCUT2D eigenvalue weighted by Crippen LogP contribution is -2.23. The van der Waals surface area contributed by atoms with E-state index in [0.29, 0.717) is 32.5 Å². The molecule has 3 rings (SSSR count). The van der Waals surface area contributed by atoms with E-state index < -0.39 is 10.0 Å². The number of hydrogen-bond donors (Lipinski definition) is 1. The Kier molecular flexibility index (Phi) is 6.67. The van der Waals surface area contributed by atoms with Crippen molar-refractivity contribution >= 4 is 45.0 Å². The predicted molar refractivity (Wildman–Crippen MR) is 114 cm³/mol. The van der Waals surface area contributed by atoms with E-state index in [1.54, 1.807) is 22.8 Å². The minimum absolute atomic E-state index is 0.0142. The van der Waals surface area contributed by atoms with Crippen LogP contribution in [0.5, 0.6) is 0 Å². The summed E-state index contributed by atoms with van der Waals surface area (Å²) in [6.07, 6.45) is 1.09. The summed E-state index contributed by atoms with van der Waals surface area (Å²) in [5, 5.41) is 9.96. The summed E-state index contributed by atoms with van der Waals surface area (Å²) in [5.41, 5.74) is 2.92. The highest BCUT2D eigenvalue weighted by atomic mass is 35.5. The zero-order chi connectivity index (χ0) is 20.3. The van der Waals surface area contributed by atoms with Crippen LogP contribution in [0.25, 0.3) is 5.69 Å². The molecule has 148 valence electrons. The molecule has 1 N–H and O–H groups in total. The van der Waals surface area contributed by atoms with Gasteiger partial charge in [0, 0.05) is 10.8 Å². The van der Waals surface area contributed by atoms with Gasteiger partial charge in [-0.3, -0.25) is 4.57 Å². The van der Waals surface area contributed by atoms with Crippen molar-refractivity contribution in [2.45, 2.75) is 24.4 Å². The minimum Gasteiger partial charge on any atom is -0.271 e. The van der Waals surface area contributed by atoms with Gasteiger partial charge in [0.15, 0.2) is 11.0 Å². The molecule has 0 atom stereocenters. The number of nitrogens with one attached hydrogen (secondary N) is 1. The molecule has 2 aromatic carbocycles. The lowest BCUT2D eigenvalue weighted by molar-refractivity contribution is 0.584. The normalized spacial score (nSPS) is 11.7. The molecule has 0 saturated heterocycles. The molecule has 0 fully saturated rings. The second-order valence-electron chi connectivity index (χ2n) is 6.20. The summed E-state index contributed by atoms with van der Waals surface area (Å²) in [6.45, 7) is 2.02. The van der Waals surface area contributed by atoms with Crippen molar-refractivity contribution in [3.05, 3.63) is 69.5 Å². The third-order valence-electron chi connectivity index (χ3n) is 3.79. The Bertz CT molecular complexity index is 1100. The van der Waals surface area contributed by atoms with Crippen molar-refractivity contribution in [1.29, 1.82) is 0 Å². The van der Waals surface area contributed by atoms with E-state index >= 15 is 0 Å². The van der Waals surface area contributed by atoms with Gasteiger partial charge in [-0.15, -0.1) is 10.2 Å². The zero-order valence-electron chi connectivity index (χ0n) is 15.2. The summed E-state index contributed by atoms with van der Waals surface area (Å²) >= 11 is 14.0. The second kappa shape index (κ2) is 8.84. The van der Waals surface area contributed by atoms with Crippen LogP contribution in [0.4, 0.5) is 0 Å². The van der Waals surface area contributed by atoms with Gasteiger partial charge in [0.2, 0.25) is 10.0 Å². The number of aromatic nitrogens is 3. The third-order valence-corrected chi connectivity index (χ3v) is 6.02. The van der Waals surface area contributed by atoms with Crippen LogP contribution in [-0.4, -0.2) is 29.4 Å². The average molecular weight is 457 g/mol. The fraction of sp³-hybridized carbons (Fsp3) is 0.222. The fourth-order valence-corrected chi connectivity index (χ4v) is 4.22. The standard InChI is InChI=1S/C18H18Cl2N4O2S2/c1-12-4-3-5-13(8-12)11-27-18-23-22-17(10-21-28(2,25)26)24(18)16-9-14(19)6-7-15(16)20/h3-9,21H,10-11H2,1-2H3. The number of rotatable bonds is 7. The number of aryl methyl sites for hydroxylation is 1. The fourth-order valence-electron chi connectivity index (χ4n) is 2.55. The van der Waals surface area contributed by atoms with Crippen LogP contribution in [-0.2, 0) is 22.3 Å². The van der Waals surface area contributed by atoms with Crippen LogP contribution in [0, 0.1) is 6.92 Å². The van der Waals surface area contributed by atoms with Gasteiger partial charge in [0.25, 0.3) is 0 Å². The number of thioether (sulfide) groups is 1. The summed E-state index contributed by atoms with van der Waals surface area (Å²) in [7, 11) is -3.39. The van der Waals surface area contributed by atoms with Crippen LogP contribution >= 0.6 is 35.0 Å². The summed E-state index contributed by atoms with van der Waals surface area (Å²) in [5.74, 6) is 1.10. The Morgan fingerprint density at radius 2 is 1.93 bits per heavy atom. The van der Waals surface area contributed by atoms with E-state index in [4.69, 9.17) is 23.2 Å². The molecule has 1 aromatic heterocycles. The Labute approximate surface area is 178 Å². The largest absolute Gasteiger partial charge is 0.271 e. The van der Waals surface area contributed by atoms with E-state index in [1.807, 2.05) is 25.1 Å². The van der Waals surface area contributed by atoms with E-state index in [0.717, 1.165) is 11.8 Å². The lowest BCUT2D eigenvalue weighted by atomic mass is 10.2.